The molecule has 1 aromatic carbocycles. The van der Waals surface area contributed by atoms with Gasteiger partial charge in [0.1, 0.15) is 11.6 Å². The van der Waals surface area contributed by atoms with E-state index in [1.165, 1.54) is 6.07 Å². The highest BCUT2D eigenvalue weighted by molar-refractivity contribution is 5.63. The number of aromatic nitrogens is 2. The fraction of sp³-hybridized carbons (Fsp3) is 0.357. The van der Waals surface area contributed by atoms with E-state index in [1.807, 2.05) is 13.0 Å². The minimum atomic E-state index is -0.222. The molecule has 1 aromatic heterocycles. The van der Waals surface area contributed by atoms with E-state index in [9.17, 15) is 4.39 Å². The molecule has 4 heteroatoms. The van der Waals surface area contributed by atoms with Crippen molar-refractivity contribution >= 4 is 0 Å². The van der Waals surface area contributed by atoms with Gasteiger partial charge in [0, 0.05) is 30.3 Å². The molecule has 0 saturated carbocycles. The Morgan fingerprint density at radius 1 is 1.39 bits per heavy atom. The van der Waals surface area contributed by atoms with E-state index in [2.05, 4.69) is 9.55 Å². The Bertz CT molecular complexity index is 589. The number of rotatable bonds is 1. The quantitative estimate of drug-likeness (QED) is 0.837. The second-order valence-electron chi connectivity index (χ2n) is 4.85. The number of fused-ring (bicyclic) bond motifs is 1. The summed E-state index contributed by atoms with van der Waals surface area (Å²) in [6.45, 7) is 2.76. The molecule has 1 atom stereocenters. The summed E-state index contributed by atoms with van der Waals surface area (Å²) in [5.74, 6) is 0.799. The minimum absolute atomic E-state index is 0.180. The van der Waals surface area contributed by atoms with Crippen LogP contribution in [0.3, 0.4) is 0 Å². The van der Waals surface area contributed by atoms with Crippen molar-refractivity contribution < 1.29 is 4.39 Å². The van der Waals surface area contributed by atoms with Gasteiger partial charge in [0.05, 0.1) is 5.69 Å². The molecule has 3 rings (SSSR count). The first-order valence-electron chi connectivity index (χ1n) is 6.23. The van der Waals surface area contributed by atoms with Crippen LogP contribution in [0.25, 0.3) is 11.3 Å². The van der Waals surface area contributed by atoms with Crippen LogP contribution < -0.4 is 5.73 Å². The second kappa shape index (κ2) is 4.21. The average Bonchev–Trinajstić information content (AvgIpc) is 2.68. The lowest BCUT2D eigenvalue weighted by atomic mass is 10.1. The van der Waals surface area contributed by atoms with Crippen molar-refractivity contribution in [3.05, 3.63) is 41.6 Å². The van der Waals surface area contributed by atoms with Gasteiger partial charge >= 0.3 is 0 Å². The van der Waals surface area contributed by atoms with Crippen LogP contribution in [0, 0.1) is 12.7 Å². The Morgan fingerprint density at radius 3 is 2.94 bits per heavy atom. The molecule has 18 heavy (non-hydrogen) atoms. The van der Waals surface area contributed by atoms with E-state index in [4.69, 9.17) is 5.73 Å². The van der Waals surface area contributed by atoms with E-state index in [-0.39, 0.29) is 11.9 Å². The van der Waals surface area contributed by atoms with E-state index in [0.29, 0.717) is 5.56 Å². The molecule has 0 amide bonds. The summed E-state index contributed by atoms with van der Waals surface area (Å²) in [5.41, 5.74) is 8.30. The molecule has 0 spiro atoms. The predicted molar refractivity (Wildman–Crippen MR) is 68.7 cm³/mol. The molecule has 2 N–H and O–H groups in total. The standard InChI is InChI=1S/C14H16FN3/c1-9-14(11-4-2-3-5-12(11)15)17-13-7-6-10(16)8-18(9)13/h2-5,10H,6-8,16H2,1H3. The Morgan fingerprint density at radius 2 is 2.17 bits per heavy atom. The van der Waals surface area contributed by atoms with Crippen LogP contribution in [0.15, 0.2) is 24.3 Å². The molecule has 0 bridgehead atoms. The molecule has 0 fully saturated rings. The van der Waals surface area contributed by atoms with Gasteiger partial charge in [0.25, 0.3) is 0 Å². The van der Waals surface area contributed by atoms with Gasteiger partial charge in [-0.1, -0.05) is 12.1 Å². The Balaban J connectivity index is 2.12. The van der Waals surface area contributed by atoms with Crippen molar-refractivity contribution in [1.29, 1.82) is 0 Å². The highest BCUT2D eigenvalue weighted by Crippen LogP contribution is 2.28. The molecular weight excluding hydrogens is 229 g/mol. The van der Waals surface area contributed by atoms with Crippen molar-refractivity contribution in [3.63, 3.8) is 0 Å². The van der Waals surface area contributed by atoms with Gasteiger partial charge in [-0.15, -0.1) is 0 Å². The van der Waals surface area contributed by atoms with Crippen LogP contribution in [-0.4, -0.2) is 15.6 Å². The van der Waals surface area contributed by atoms with Crippen molar-refractivity contribution in [2.45, 2.75) is 32.4 Å². The van der Waals surface area contributed by atoms with Crippen LogP contribution in [0.5, 0.6) is 0 Å². The SMILES string of the molecule is Cc1c(-c2ccccc2F)nc2n1CC(N)CC2. The largest absolute Gasteiger partial charge is 0.330 e. The van der Waals surface area contributed by atoms with Crippen molar-refractivity contribution in [3.8, 4) is 11.3 Å². The smallest absolute Gasteiger partial charge is 0.132 e. The Labute approximate surface area is 105 Å². The van der Waals surface area contributed by atoms with Gasteiger partial charge < -0.3 is 10.3 Å². The lowest BCUT2D eigenvalue weighted by molar-refractivity contribution is 0.448. The number of hydrogen-bond acceptors (Lipinski definition) is 2. The van der Waals surface area contributed by atoms with Gasteiger partial charge in [-0.05, 0) is 25.5 Å². The van der Waals surface area contributed by atoms with Gasteiger partial charge in [0.15, 0.2) is 0 Å². The van der Waals surface area contributed by atoms with Gasteiger partial charge in [-0.25, -0.2) is 9.37 Å². The van der Waals surface area contributed by atoms with Crippen molar-refractivity contribution in [2.75, 3.05) is 0 Å². The highest BCUT2D eigenvalue weighted by Gasteiger charge is 2.22. The zero-order valence-corrected chi connectivity index (χ0v) is 10.4. The summed E-state index contributed by atoms with van der Waals surface area (Å²) in [6, 6.07) is 6.95. The van der Waals surface area contributed by atoms with E-state index >= 15 is 0 Å². The molecule has 1 aliphatic heterocycles. The first kappa shape index (κ1) is 11.4. The summed E-state index contributed by atoms with van der Waals surface area (Å²) in [5, 5.41) is 0. The maximum Gasteiger partial charge on any atom is 0.132 e. The van der Waals surface area contributed by atoms with Crippen LogP contribution in [0.2, 0.25) is 0 Å². The molecule has 94 valence electrons. The van der Waals surface area contributed by atoms with E-state index in [0.717, 1.165) is 36.6 Å². The number of nitrogens with zero attached hydrogens (tertiary/aromatic N) is 2. The monoisotopic (exact) mass is 245 g/mol. The maximum absolute atomic E-state index is 13.8. The maximum atomic E-state index is 13.8. The number of aryl methyl sites for hydroxylation is 1. The summed E-state index contributed by atoms with van der Waals surface area (Å²) in [7, 11) is 0. The number of hydrogen-bond donors (Lipinski definition) is 1. The summed E-state index contributed by atoms with van der Waals surface area (Å²) >= 11 is 0. The molecule has 2 aromatic rings. The molecule has 0 saturated heterocycles. The average molecular weight is 245 g/mol. The van der Waals surface area contributed by atoms with Crippen LogP contribution in [0.4, 0.5) is 4.39 Å². The normalized spacial score (nSPS) is 18.7. The fourth-order valence-corrected chi connectivity index (χ4v) is 2.57. The van der Waals surface area contributed by atoms with Crippen molar-refractivity contribution in [1.82, 2.24) is 9.55 Å². The minimum Gasteiger partial charge on any atom is -0.330 e. The summed E-state index contributed by atoms with van der Waals surface area (Å²) in [4.78, 5) is 4.58. The summed E-state index contributed by atoms with van der Waals surface area (Å²) < 4.78 is 15.9. The zero-order chi connectivity index (χ0) is 12.7. The van der Waals surface area contributed by atoms with Crippen LogP contribution >= 0.6 is 0 Å². The zero-order valence-electron chi connectivity index (χ0n) is 10.4. The molecular formula is C14H16FN3. The molecule has 0 aliphatic carbocycles. The second-order valence-corrected chi connectivity index (χ2v) is 4.85. The van der Waals surface area contributed by atoms with Crippen LogP contribution in [0.1, 0.15) is 17.9 Å². The molecule has 2 heterocycles. The number of halogens is 1. The van der Waals surface area contributed by atoms with E-state index in [1.54, 1.807) is 12.1 Å². The molecule has 1 unspecified atom stereocenters. The van der Waals surface area contributed by atoms with Gasteiger partial charge in [0.2, 0.25) is 0 Å². The number of benzene rings is 1. The Hall–Kier alpha value is -1.68. The Kier molecular flexibility index (Phi) is 2.67. The van der Waals surface area contributed by atoms with Gasteiger partial charge in [-0.2, -0.15) is 0 Å². The van der Waals surface area contributed by atoms with Crippen LogP contribution in [-0.2, 0) is 13.0 Å². The molecule has 0 radical (unpaired) electrons. The third-order valence-electron chi connectivity index (χ3n) is 3.58. The van der Waals surface area contributed by atoms with Gasteiger partial charge in [-0.3, -0.25) is 0 Å². The number of imidazole rings is 1. The fourth-order valence-electron chi connectivity index (χ4n) is 2.57. The lowest BCUT2D eigenvalue weighted by Gasteiger charge is -2.21. The predicted octanol–water partition coefficient (Wildman–Crippen LogP) is 2.27. The van der Waals surface area contributed by atoms with Crippen molar-refractivity contribution in [2.24, 2.45) is 5.73 Å². The first-order valence-corrected chi connectivity index (χ1v) is 6.23. The lowest BCUT2D eigenvalue weighted by Crippen LogP contribution is -2.32. The first-order chi connectivity index (χ1) is 8.66. The third kappa shape index (κ3) is 1.73. The molecule has 1 aliphatic rings. The highest BCUT2D eigenvalue weighted by atomic mass is 19.1. The molecule has 3 nitrogen and oxygen atoms in total. The third-order valence-corrected chi connectivity index (χ3v) is 3.58. The number of nitrogens with two attached hydrogens (primary N) is 1. The topological polar surface area (TPSA) is 43.8 Å². The summed E-state index contributed by atoms with van der Waals surface area (Å²) in [6.07, 6.45) is 1.82. The van der Waals surface area contributed by atoms with E-state index < -0.39 is 0 Å².